The minimum atomic E-state index is -0.0305. The van der Waals surface area contributed by atoms with E-state index in [1.165, 1.54) is 0 Å². The number of amides is 1. The van der Waals surface area contributed by atoms with Crippen LogP contribution in [0.2, 0.25) is 0 Å². The fraction of sp³-hybridized carbons (Fsp3) is 0.562. The molecule has 0 radical (unpaired) electrons. The Morgan fingerprint density at radius 1 is 1.42 bits per heavy atom. The first-order valence-electron chi connectivity index (χ1n) is 8.14. The standard InChI is InChI=1S/C16H22N6O2/c1-11(2)24-15-8-12(4-6-17-15)10-22-14(18-19-20-22)9-13-5-7-21(3)16(13)23/h4,6,8,11,13H,5,7,9-10H2,1-3H3. The van der Waals surface area contributed by atoms with Crippen LogP contribution in [0, 0.1) is 5.92 Å². The summed E-state index contributed by atoms with van der Waals surface area (Å²) in [4.78, 5) is 18.0. The van der Waals surface area contributed by atoms with Crippen LogP contribution < -0.4 is 4.74 Å². The first-order valence-corrected chi connectivity index (χ1v) is 8.14. The molecule has 1 aliphatic heterocycles. The summed E-state index contributed by atoms with van der Waals surface area (Å²) < 4.78 is 7.35. The minimum Gasteiger partial charge on any atom is -0.475 e. The molecule has 8 nitrogen and oxygen atoms in total. The van der Waals surface area contributed by atoms with Crippen molar-refractivity contribution in [2.45, 2.75) is 39.3 Å². The van der Waals surface area contributed by atoms with Gasteiger partial charge >= 0.3 is 0 Å². The molecular weight excluding hydrogens is 308 g/mol. The molecule has 2 aromatic heterocycles. The highest BCUT2D eigenvalue weighted by atomic mass is 16.5. The van der Waals surface area contributed by atoms with Gasteiger partial charge in [0.2, 0.25) is 11.8 Å². The van der Waals surface area contributed by atoms with Crippen LogP contribution in [0.1, 0.15) is 31.7 Å². The minimum absolute atomic E-state index is 0.0305. The van der Waals surface area contributed by atoms with Crippen LogP contribution in [0.4, 0.5) is 0 Å². The van der Waals surface area contributed by atoms with E-state index in [9.17, 15) is 4.79 Å². The lowest BCUT2D eigenvalue weighted by Crippen LogP contribution is -2.24. The molecule has 0 bridgehead atoms. The van der Waals surface area contributed by atoms with Gasteiger partial charge in [0, 0.05) is 38.2 Å². The number of pyridine rings is 1. The molecule has 128 valence electrons. The first kappa shape index (κ1) is 16.4. The van der Waals surface area contributed by atoms with Gasteiger partial charge in [-0.05, 0) is 42.3 Å². The maximum Gasteiger partial charge on any atom is 0.225 e. The Balaban J connectivity index is 1.71. The molecule has 0 N–H and O–H groups in total. The summed E-state index contributed by atoms with van der Waals surface area (Å²) in [5.41, 5.74) is 1.00. The number of rotatable bonds is 6. The number of hydrogen-bond donors (Lipinski definition) is 0. The van der Waals surface area contributed by atoms with Gasteiger partial charge < -0.3 is 9.64 Å². The smallest absolute Gasteiger partial charge is 0.225 e. The highest BCUT2D eigenvalue weighted by molar-refractivity contribution is 5.80. The number of likely N-dealkylation sites (tertiary alicyclic amines) is 1. The number of nitrogens with zero attached hydrogens (tertiary/aromatic N) is 6. The van der Waals surface area contributed by atoms with Crippen molar-refractivity contribution in [1.29, 1.82) is 0 Å². The van der Waals surface area contributed by atoms with Gasteiger partial charge in [0.25, 0.3) is 0 Å². The topological polar surface area (TPSA) is 86.0 Å². The van der Waals surface area contributed by atoms with Crippen molar-refractivity contribution in [3.8, 4) is 5.88 Å². The fourth-order valence-corrected chi connectivity index (χ4v) is 2.82. The van der Waals surface area contributed by atoms with Gasteiger partial charge in [-0.15, -0.1) is 5.10 Å². The number of carbonyl (C=O) groups excluding carboxylic acids is 1. The van der Waals surface area contributed by atoms with Crippen molar-refractivity contribution in [3.63, 3.8) is 0 Å². The van der Waals surface area contributed by atoms with E-state index in [2.05, 4.69) is 20.5 Å². The van der Waals surface area contributed by atoms with Gasteiger partial charge in [-0.1, -0.05) is 0 Å². The summed E-state index contributed by atoms with van der Waals surface area (Å²) in [5, 5.41) is 11.9. The third kappa shape index (κ3) is 3.69. The maximum atomic E-state index is 12.1. The quantitative estimate of drug-likeness (QED) is 0.783. The van der Waals surface area contributed by atoms with E-state index < -0.39 is 0 Å². The molecule has 1 unspecified atom stereocenters. The van der Waals surface area contributed by atoms with Crippen molar-refractivity contribution in [2.24, 2.45) is 5.92 Å². The molecule has 1 fully saturated rings. The Kier molecular flexibility index (Phi) is 4.73. The van der Waals surface area contributed by atoms with E-state index in [1.807, 2.05) is 33.0 Å². The van der Waals surface area contributed by atoms with Gasteiger partial charge in [0.1, 0.15) is 0 Å². The highest BCUT2D eigenvalue weighted by Gasteiger charge is 2.30. The lowest BCUT2D eigenvalue weighted by molar-refractivity contribution is -0.129. The zero-order chi connectivity index (χ0) is 17.1. The van der Waals surface area contributed by atoms with Gasteiger partial charge in [-0.2, -0.15) is 0 Å². The summed E-state index contributed by atoms with van der Waals surface area (Å²) in [7, 11) is 1.83. The molecule has 0 aromatic carbocycles. The number of hydrogen-bond acceptors (Lipinski definition) is 6. The fourth-order valence-electron chi connectivity index (χ4n) is 2.82. The molecule has 1 saturated heterocycles. The van der Waals surface area contributed by atoms with Crippen LogP contribution in [0.5, 0.6) is 5.88 Å². The van der Waals surface area contributed by atoms with Crippen molar-refractivity contribution in [1.82, 2.24) is 30.1 Å². The molecular formula is C16H22N6O2. The molecule has 0 saturated carbocycles. The summed E-state index contributed by atoms with van der Waals surface area (Å²) in [6, 6.07) is 3.80. The van der Waals surface area contributed by atoms with Gasteiger partial charge in [0.15, 0.2) is 5.82 Å². The van der Waals surface area contributed by atoms with Gasteiger partial charge in [0.05, 0.1) is 12.6 Å². The molecule has 0 spiro atoms. The molecule has 24 heavy (non-hydrogen) atoms. The van der Waals surface area contributed by atoms with Crippen molar-refractivity contribution in [3.05, 3.63) is 29.7 Å². The number of carbonyl (C=O) groups is 1. The lowest BCUT2D eigenvalue weighted by Gasteiger charge is -2.11. The van der Waals surface area contributed by atoms with Crippen molar-refractivity contribution in [2.75, 3.05) is 13.6 Å². The normalized spacial score (nSPS) is 17.8. The Bertz CT molecular complexity index is 714. The first-order chi connectivity index (χ1) is 11.5. The van der Waals surface area contributed by atoms with Crippen LogP contribution >= 0.6 is 0 Å². The maximum absolute atomic E-state index is 12.1. The van der Waals surface area contributed by atoms with E-state index in [-0.39, 0.29) is 17.9 Å². The van der Waals surface area contributed by atoms with E-state index in [0.29, 0.717) is 18.8 Å². The Labute approximate surface area is 140 Å². The van der Waals surface area contributed by atoms with Crippen LogP contribution in [0.15, 0.2) is 18.3 Å². The van der Waals surface area contributed by atoms with Crippen molar-refractivity contribution < 1.29 is 9.53 Å². The number of tetrazole rings is 1. The lowest BCUT2D eigenvalue weighted by atomic mass is 10.0. The summed E-state index contributed by atoms with van der Waals surface area (Å²) in [6.07, 6.45) is 3.20. The van der Waals surface area contributed by atoms with Crippen LogP contribution in [0.25, 0.3) is 0 Å². The summed E-state index contributed by atoms with van der Waals surface area (Å²) in [6.45, 7) is 5.24. The Morgan fingerprint density at radius 2 is 2.25 bits per heavy atom. The number of aromatic nitrogens is 5. The second-order valence-corrected chi connectivity index (χ2v) is 6.37. The third-order valence-corrected chi connectivity index (χ3v) is 4.06. The molecule has 8 heteroatoms. The van der Waals surface area contributed by atoms with E-state index in [4.69, 9.17) is 4.74 Å². The summed E-state index contributed by atoms with van der Waals surface area (Å²) >= 11 is 0. The van der Waals surface area contributed by atoms with Crippen LogP contribution in [0.3, 0.4) is 0 Å². The average molecular weight is 330 g/mol. The van der Waals surface area contributed by atoms with Gasteiger partial charge in [-0.3, -0.25) is 4.79 Å². The predicted octanol–water partition coefficient (Wildman–Crippen LogP) is 0.924. The van der Waals surface area contributed by atoms with E-state index in [1.54, 1.807) is 15.8 Å². The molecule has 1 amide bonds. The molecule has 0 aliphatic carbocycles. The molecule has 1 atom stereocenters. The Hall–Kier alpha value is -2.51. The third-order valence-electron chi connectivity index (χ3n) is 4.06. The monoisotopic (exact) mass is 330 g/mol. The van der Waals surface area contributed by atoms with Gasteiger partial charge in [-0.25, -0.2) is 9.67 Å². The highest BCUT2D eigenvalue weighted by Crippen LogP contribution is 2.20. The Morgan fingerprint density at radius 3 is 2.96 bits per heavy atom. The zero-order valence-corrected chi connectivity index (χ0v) is 14.2. The summed E-state index contributed by atoms with van der Waals surface area (Å²) in [5.74, 6) is 1.45. The SMILES string of the molecule is CC(C)Oc1cc(Cn2nnnc2CC2CCN(C)C2=O)ccn1. The molecule has 3 rings (SSSR count). The van der Waals surface area contributed by atoms with Crippen molar-refractivity contribution >= 4 is 5.91 Å². The predicted molar refractivity (Wildman–Crippen MR) is 86.4 cm³/mol. The van der Waals surface area contributed by atoms with Crippen LogP contribution in [-0.2, 0) is 17.8 Å². The van der Waals surface area contributed by atoms with E-state index >= 15 is 0 Å². The molecule has 2 aromatic rings. The average Bonchev–Trinajstić information content (AvgIpc) is 3.09. The zero-order valence-electron chi connectivity index (χ0n) is 14.2. The number of ether oxygens (including phenoxy) is 1. The molecule has 3 heterocycles. The van der Waals surface area contributed by atoms with Crippen LogP contribution in [-0.4, -0.2) is 55.7 Å². The second kappa shape index (κ2) is 6.94. The largest absolute Gasteiger partial charge is 0.475 e. The van der Waals surface area contributed by atoms with E-state index in [0.717, 1.165) is 24.4 Å². The molecule has 1 aliphatic rings. The second-order valence-electron chi connectivity index (χ2n) is 6.37.